The number of benzene rings is 2. The smallest absolute Gasteiger partial charge is 0.228 e. The molecule has 4 rings (SSSR count). The van der Waals surface area contributed by atoms with Gasteiger partial charge < -0.3 is 10.2 Å². The lowest BCUT2D eigenvalue weighted by Crippen LogP contribution is -2.35. The Morgan fingerprint density at radius 1 is 1.19 bits per heavy atom. The molecule has 1 N–H and O–H groups in total. The number of amides is 2. The second kappa shape index (κ2) is 9.50. The van der Waals surface area contributed by atoms with Gasteiger partial charge in [-0.1, -0.05) is 43.3 Å². The van der Waals surface area contributed by atoms with Gasteiger partial charge in [0.25, 0.3) is 0 Å². The molecule has 0 fully saturated rings. The van der Waals surface area contributed by atoms with Crippen molar-refractivity contribution >= 4 is 44.7 Å². The van der Waals surface area contributed by atoms with Crippen LogP contribution in [0.25, 0.3) is 5.57 Å². The molecule has 0 aliphatic carbocycles. The Balaban J connectivity index is 1.38. The van der Waals surface area contributed by atoms with Crippen LogP contribution in [0.5, 0.6) is 0 Å². The first kappa shape index (κ1) is 22.6. The van der Waals surface area contributed by atoms with Crippen LogP contribution in [0.15, 0.2) is 64.4 Å². The number of sulfone groups is 1. The molecule has 6 nitrogen and oxygen atoms in total. The first-order valence-corrected chi connectivity index (χ1v) is 13.3. The molecule has 1 unspecified atom stereocenters. The maximum Gasteiger partial charge on any atom is 0.228 e. The molecule has 2 amide bonds. The molecule has 2 aliphatic rings. The van der Waals surface area contributed by atoms with Crippen LogP contribution in [0.4, 0.5) is 5.69 Å². The summed E-state index contributed by atoms with van der Waals surface area (Å²) in [5, 5.41) is 2.81. The number of carbonyl (C=O) groups excluding carboxylic acids is 2. The monoisotopic (exact) mass is 470 g/mol. The van der Waals surface area contributed by atoms with Crippen molar-refractivity contribution in [3.63, 3.8) is 0 Å². The quantitative estimate of drug-likeness (QED) is 0.718. The van der Waals surface area contributed by atoms with E-state index in [4.69, 9.17) is 0 Å². The van der Waals surface area contributed by atoms with Crippen LogP contribution in [0, 0.1) is 5.92 Å². The van der Waals surface area contributed by atoms with Gasteiger partial charge in [0.05, 0.1) is 16.3 Å². The second-order valence-electron chi connectivity index (χ2n) is 8.11. The lowest BCUT2D eigenvalue weighted by Gasteiger charge is -2.26. The molecule has 32 heavy (non-hydrogen) atoms. The number of anilines is 1. The molecule has 168 valence electrons. The standard InChI is InChI=1S/C24H26N2O4S2/c1-17-16-31-22-8-7-20(15-21(22)25-24(17)28)32(29,30)14-11-23(27)26-12-9-19(10-13-26)18-5-3-2-4-6-18/h2-9,15,17H,10-14,16H2,1H3,(H,25,28). The SMILES string of the molecule is CC1CSc2ccc(S(=O)(=O)CCC(=O)N3CC=C(c4ccccc4)CC3)cc2NC1=O. The van der Waals surface area contributed by atoms with Crippen LogP contribution in [0.2, 0.25) is 0 Å². The van der Waals surface area contributed by atoms with Crippen molar-refractivity contribution < 1.29 is 18.0 Å². The molecule has 0 spiro atoms. The van der Waals surface area contributed by atoms with Crippen LogP contribution >= 0.6 is 11.8 Å². The number of carbonyl (C=O) groups is 2. The maximum atomic E-state index is 12.9. The zero-order valence-electron chi connectivity index (χ0n) is 17.9. The summed E-state index contributed by atoms with van der Waals surface area (Å²) in [7, 11) is -3.65. The molecule has 2 aromatic carbocycles. The number of hydrogen-bond acceptors (Lipinski definition) is 5. The van der Waals surface area contributed by atoms with E-state index >= 15 is 0 Å². The van der Waals surface area contributed by atoms with E-state index in [9.17, 15) is 18.0 Å². The Hall–Kier alpha value is -2.58. The van der Waals surface area contributed by atoms with Crippen molar-refractivity contribution in [3.8, 4) is 0 Å². The predicted octanol–water partition coefficient (Wildman–Crippen LogP) is 3.85. The van der Waals surface area contributed by atoms with Gasteiger partial charge in [0.2, 0.25) is 11.8 Å². The van der Waals surface area contributed by atoms with Gasteiger partial charge in [-0.15, -0.1) is 11.8 Å². The zero-order chi connectivity index (χ0) is 22.7. The summed E-state index contributed by atoms with van der Waals surface area (Å²) in [5.41, 5.74) is 2.89. The topological polar surface area (TPSA) is 83.6 Å². The van der Waals surface area contributed by atoms with E-state index in [0.29, 0.717) is 24.5 Å². The number of rotatable bonds is 5. The fraction of sp³-hybridized carbons (Fsp3) is 0.333. The van der Waals surface area contributed by atoms with Gasteiger partial charge >= 0.3 is 0 Å². The molecule has 0 radical (unpaired) electrons. The van der Waals surface area contributed by atoms with Crippen molar-refractivity contribution in [2.24, 2.45) is 5.92 Å². The molecule has 0 saturated heterocycles. The van der Waals surface area contributed by atoms with E-state index in [1.807, 2.05) is 31.2 Å². The van der Waals surface area contributed by atoms with Crippen molar-refractivity contribution in [2.45, 2.75) is 29.6 Å². The normalized spacial score (nSPS) is 18.9. The van der Waals surface area contributed by atoms with Crippen molar-refractivity contribution in [2.75, 3.05) is 29.9 Å². The van der Waals surface area contributed by atoms with Gasteiger partial charge in [-0.2, -0.15) is 0 Å². The highest BCUT2D eigenvalue weighted by molar-refractivity contribution is 7.99. The van der Waals surface area contributed by atoms with E-state index in [1.54, 1.807) is 17.0 Å². The molecule has 0 bridgehead atoms. The third-order valence-electron chi connectivity index (χ3n) is 5.80. The maximum absolute atomic E-state index is 12.9. The van der Waals surface area contributed by atoms with Gasteiger partial charge in [-0.3, -0.25) is 9.59 Å². The Kier molecular flexibility index (Phi) is 6.71. The molecular weight excluding hydrogens is 444 g/mol. The molecule has 2 aliphatic heterocycles. The van der Waals surface area contributed by atoms with Gasteiger partial charge in [-0.25, -0.2) is 8.42 Å². The van der Waals surface area contributed by atoms with E-state index in [1.165, 1.54) is 23.4 Å². The van der Waals surface area contributed by atoms with Gasteiger partial charge in [0, 0.05) is 36.1 Å². The van der Waals surface area contributed by atoms with Gasteiger partial charge in [0.15, 0.2) is 9.84 Å². The summed E-state index contributed by atoms with van der Waals surface area (Å²) >= 11 is 1.53. The third-order valence-corrected chi connectivity index (χ3v) is 8.84. The van der Waals surface area contributed by atoms with Crippen molar-refractivity contribution in [1.29, 1.82) is 0 Å². The summed E-state index contributed by atoms with van der Waals surface area (Å²) in [6.07, 6.45) is 2.73. The summed E-state index contributed by atoms with van der Waals surface area (Å²) in [5.74, 6) is -0.0340. The zero-order valence-corrected chi connectivity index (χ0v) is 19.5. The second-order valence-corrected chi connectivity index (χ2v) is 11.3. The Morgan fingerprint density at radius 3 is 2.69 bits per heavy atom. The molecule has 8 heteroatoms. The summed E-state index contributed by atoms with van der Waals surface area (Å²) in [6, 6.07) is 14.9. The van der Waals surface area contributed by atoms with Crippen molar-refractivity contribution in [1.82, 2.24) is 4.90 Å². The van der Waals surface area contributed by atoms with Crippen LogP contribution in [0.3, 0.4) is 0 Å². The van der Waals surface area contributed by atoms with E-state index in [-0.39, 0.29) is 34.8 Å². The summed E-state index contributed by atoms with van der Waals surface area (Å²) < 4.78 is 25.7. The number of nitrogens with zero attached hydrogens (tertiary/aromatic N) is 1. The van der Waals surface area contributed by atoms with Gasteiger partial charge in [0.1, 0.15) is 0 Å². The van der Waals surface area contributed by atoms with E-state index in [0.717, 1.165) is 16.9 Å². The summed E-state index contributed by atoms with van der Waals surface area (Å²) in [6.45, 7) is 2.92. The lowest BCUT2D eigenvalue weighted by atomic mass is 9.99. The number of thioether (sulfide) groups is 1. The van der Waals surface area contributed by atoms with Crippen LogP contribution < -0.4 is 5.32 Å². The number of hydrogen-bond donors (Lipinski definition) is 1. The average molecular weight is 471 g/mol. The molecule has 1 atom stereocenters. The minimum Gasteiger partial charge on any atom is -0.339 e. The number of fused-ring (bicyclic) bond motifs is 1. The predicted molar refractivity (Wildman–Crippen MR) is 127 cm³/mol. The van der Waals surface area contributed by atoms with E-state index in [2.05, 4.69) is 17.4 Å². The molecule has 2 heterocycles. The minimum atomic E-state index is -3.65. The minimum absolute atomic E-state index is 0.0634. The van der Waals surface area contributed by atoms with E-state index < -0.39 is 9.84 Å². The number of nitrogens with one attached hydrogen (secondary N) is 1. The lowest BCUT2D eigenvalue weighted by molar-refractivity contribution is -0.130. The van der Waals surface area contributed by atoms with Crippen molar-refractivity contribution in [3.05, 3.63) is 60.2 Å². The molecule has 2 aromatic rings. The fourth-order valence-electron chi connectivity index (χ4n) is 3.78. The average Bonchev–Trinajstić information content (AvgIpc) is 2.95. The highest BCUT2D eigenvalue weighted by atomic mass is 32.2. The molecular formula is C24H26N2O4S2. The summed E-state index contributed by atoms with van der Waals surface area (Å²) in [4.78, 5) is 27.4. The Morgan fingerprint density at radius 2 is 1.97 bits per heavy atom. The van der Waals surface area contributed by atoms with Crippen LogP contribution in [0.1, 0.15) is 25.3 Å². The first-order chi connectivity index (χ1) is 15.3. The van der Waals surface area contributed by atoms with Crippen LogP contribution in [-0.2, 0) is 19.4 Å². The third kappa shape index (κ3) is 5.07. The molecule has 0 aromatic heterocycles. The Bertz CT molecular complexity index is 1160. The Labute approximate surface area is 193 Å². The van der Waals surface area contributed by atoms with Crippen LogP contribution in [-0.4, -0.2) is 49.7 Å². The largest absolute Gasteiger partial charge is 0.339 e. The first-order valence-electron chi connectivity index (χ1n) is 10.7. The van der Waals surface area contributed by atoms with Gasteiger partial charge in [-0.05, 0) is 35.8 Å². The highest BCUT2D eigenvalue weighted by Gasteiger charge is 2.25. The molecule has 0 saturated carbocycles. The fourth-order valence-corrected chi connectivity index (χ4v) is 6.04. The highest BCUT2D eigenvalue weighted by Crippen LogP contribution is 2.34.